The number of carbonyl (C=O) groups excluding carboxylic acids is 2. The zero-order chi connectivity index (χ0) is 19.7. The highest BCUT2D eigenvalue weighted by Crippen LogP contribution is 2.33. The van der Waals surface area contributed by atoms with E-state index in [-0.39, 0.29) is 24.3 Å². The Morgan fingerprint density at radius 3 is 2.50 bits per heavy atom. The van der Waals surface area contributed by atoms with Crippen LogP contribution in [-0.4, -0.2) is 42.6 Å². The fraction of sp³-hybridized carbons (Fsp3) is 0.300. The number of rotatable bonds is 3. The summed E-state index contributed by atoms with van der Waals surface area (Å²) in [5, 5.41) is 2.75. The number of fused-ring (bicyclic) bond motifs is 1. The molecular formula is C20H18F2N2O4. The first-order chi connectivity index (χ1) is 13.5. The zero-order valence-electron chi connectivity index (χ0n) is 14.9. The van der Waals surface area contributed by atoms with Crippen LogP contribution in [0, 0.1) is 11.6 Å². The molecule has 0 atom stereocenters. The average molecular weight is 388 g/mol. The Morgan fingerprint density at radius 2 is 1.75 bits per heavy atom. The van der Waals surface area contributed by atoms with E-state index in [1.165, 1.54) is 0 Å². The van der Waals surface area contributed by atoms with Gasteiger partial charge in [0.2, 0.25) is 6.79 Å². The number of amides is 2. The summed E-state index contributed by atoms with van der Waals surface area (Å²) >= 11 is 0. The van der Waals surface area contributed by atoms with Crippen molar-refractivity contribution in [1.82, 2.24) is 10.2 Å². The van der Waals surface area contributed by atoms with E-state index in [9.17, 15) is 18.4 Å². The van der Waals surface area contributed by atoms with Crippen molar-refractivity contribution in [3.8, 4) is 11.5 Å². The largest absolute Gasteiger partial charge is 0.454 e. The lowest BCUT2D eigenvalue weighted by Gasteiger charge is -2.32. The van der Waals surface area contributed by atoms with E-state index < -0.39 is 17.5 Å². The number of benzene rings is 2. The predicted molar refractivity (Wildman–Crippen MR) is 95.3 cm³/mol. The predicted octanol–water partition coefficient (Wildman–Crippen LogP) is 2.73. The van der Waals surface area contributed by atoms with Gasteiger partial charge in [0.15, 0.2) is 11.5 Å². The van der Waals surface area contributed by atoms with Gasteiger partial charge < -0.3 is 19.7 Å². The molecule has 0 bridgehead atoms. The van der Waals surface area contributed by atoms with Gasteiger partial charge >= 0.3 is 0 Å². The monoisotopic (exact) mass is 388 g/mol. The Bertz CT molecular complexity index is 926. The second-order valence-electron chi connectivity index (χ2n) is 6.73. The van der Waals surface area contributed by atoms with Crippen LogP contribution in [0.4, 0.5) is 8.78 Å². The SMILES string of the molecule is O=C(NC1CCN(C(=O)c2ccc3c(c2)OCO3)CC1)c1ccc(F)cc1F. The Hall–Kier alpha value is -3.16. The van der Waals surface area contributed by atoms with E-state index in [2.05, 4.69) is 5.32 Å². The topological polar surface area (TPSA) is 67.9 Å². The van der Waals surface area contributed by atoms with Crippen LogP contribution in [0.5, 0.6) is 11.5 Å². The summed E-state index contributed by atoms with van der Waals surface area (Å²) in [5.41, 5.74) is 0.320. The van der Waals surface area contributed by atoms with Gasteiger partial charge in [0.1, 0.15) is 11.6 Å². The Balaban J connectivity index is 1.34. The van der Waals surface area contributed by atoms with Gasteiger partial charge in [0.25, 0.3) is 11.8 Å². The summed E-state index contributed by atoms with van der Waals surface area (Å²) in [7, 11) is 0. The lowest BCUT2D eigenvalue weighted by molar-refractivity contribution is 0.0697. The van der Waals surface area contributed by atoms with Crippen molar-refractivity contribution >= 4 is 11.8 Å². The van der Waals surface area contributed by atoms with Crippen molar-refractivity contribution in [2.24, 2.45) is 0 Å². The molecule has 1 saturated heterocycles. The molecule has 1 fully saturated rings. The molecule has 146 valence electrons. The van der Waals surface area contributed by atoms with Gasteiger partial charge in [-0.15, -0.1) is 0 Å². The quantitative estimate of drug-likeness (QED) is 0.878. The van der Waals surface area contributed by atoms with Crippen LogP contribution in [0.1, 0.15) is 33.6 Å². The first kappa shape index (κ1) is 18.2. The number of halogens is 2. The third-order valence-electron chi connectivity index (χ3n) is 4.91. The maximum absolute atomic E-state index is 13.7. The molecule has 1 N–H and O–H groups in total. The molecule has 0 unspecified atom stereocenters. The van der Waals surface area contributed by atoms with E-state index in [1.807, 2.05) is 0 Å². The zero-order valence-corrected chi connectivity index (χ0v) is 14.9. The molecule has 0 aromatic heterocycles. The molecule has 2 aromatic carbocycles. The number of hydrogen-bond acceptors (Lipinski definition) is 4. The summed E-state index contributed by atoms with van der Waals surface area (Å²) in [6.45, 7) is 1.07. The highest BCUT2D eigenvalue weighted by molar-refractivity contribution is 5.95. The van der Waals surface area contributed by atoms with Gasteiger partial charge in [0.05, 0.1) is 5.56 Å². The molecule has 0 spiro atoms. The summed E-state index contributed by atoms with van der Waals surface area (Å²) in [6, 6.07) is 7.74. The minimum absolute atomic E-state index is 0.118. The van der Waals surface area contributed by atoms with Crippen LogP contribution in [0.25, 0.3) is 0 Å². The Morgan fingerprint density at radius 1 is 1.00 bits per heavy atom. The number of nitrogens with one attached hydrogen (secondary N) is 1. The minimum Gasteiger partial charge on any atom is -0.454 e. The normalized spacial score (nSPS) is 16.1. The van der Waals surface area contributed by atoms with Gasteiger partial charge in [0, 0.05) is 30.8 Å². The number of hydrogen-bond donors (Lipinski definition) is 1. The van der Waals surface area contributed by atoms with E-state index in [0.29, 0.717) is 49.1 Å². The molecule has 2 aromatic rings. The van der Waals surface area contributed by atoms with Gasteiger partial charge in [-0.2, -0.15) is 0 Å². The van der Waals surface area contributed by atoms with Crippen molar-refractivity contribution < 1.29 is 27.8 Å². The lowest BCUT2D eigenvalue weighted by Crippen LogP contribution is -2.46. The molecule has 4 rings (SSSR count). The standard InChI is InChI=1S/C20H18F2N2O4/c21-13-2-3-15(16(22)10-13)19(25)23-14-5-7-24(8-6-14)20(26)12-1-4-17-18(9-12)28-11-27-17/h1-4,9-10,14H,5-8,11H2,(H,23,25). The van der Waals surface area contributed by atoms with Gasteiger partial charge in [-0.1, -0.05) is 0 Å². The molecule has 28 heavy (non-hydrogen) atoms. The summed E-state index contributed by atoms with van der Waals surface area (Å²) in [6.07, 6.45) is 1.09. The van der Waals surface area contributed by atoms with E-state index in [1.54, 1.807) is 23.1 Å². The highest BCUT2D eigenvalue weighted by atomic mass is 19.1. The van der Waals surface area contributed by atoms with Crippen molar-refractivity contribution in [1.29, 1.82) is 0 Å². The van der Waals surface area contributed by atoms with E-state index in [0.717, 1.165) is 12.1 Å². The fourth-order valence-corrected chi connectivity index (χ4v) is 3.38. The molecule has 0 aliphatic carbocycles. The summed E-state index contributed by atoms with van der Waals surface area (Å²) in [5.74, 6) is -1.16. The lowest BCUT2D eigenvalue weighted by atomic mass is 10.0. The van der Waals surface area contributed by atoms with E-state index >= 15 is 0 Å². The number of nitrogens with zero attached hydrogens (tertiary/aromatic N) is 1. The molecular weight excluding hydrogens is 370 g/mol. The van der Waals surface area contributed by atoms with E-state index in [4.69, 9.17) is 9.47 Å². The minimum atomic E-state index is -0.895. The average Bonchev–Trinajstić information content (AvgIpc) is 3.15. The van der Waals surface area contributed by atoms with Gasteiger partial charge in [-0.3, -0.25) is 9.59 Å². The second-order valence-corrected chi connectivity index (χ2v) is 6.73. The molecule has 6 nitrogen and oxygen atoms in total. The number of ether oxygens (including phenoxy) is 2. The number of carbonyl (C=O) groups is 2. The molecule has 2 amide bonds. The van der Waals surface area contributed by atoms with Crippen molar-refractivity contribution in [2.45, 2.75) is 18.9 Å². The third kappa shape index (κ3) is 3.62. The summed E-state index contributed by atoms with van der Waals surface area (Å²) in [4.78, 5) is 26.6. The summed E-state index contributed by atoms with van der Waals surface area (Å²) < 4.78 is 37.3. The Labute approximate surface area is 160 Å². The molecule has 0 saturated carbocycles. The van der Waals surface area contributed by atoms with Crippen LogP contribution in [0.2, 0.25) is 0 Å². The first-order valence-electron chi connectivity index (χ1n) is 8.96. The van der Waals surface area contributed by atoms with Crippen LogP contribution < -0.4 is 14.8 Å². The van der Waals surface area contributed by atoms with Crippen LogP contribution in [0.15, 0.2) is 36.4 Å². The van der Waals surface area contributed by atoms with Gasteiger partial charge in [-0.05, 0) is 43.2 Å². The molecule has 0 radical (unpaired) electrons. The first-order valence-corrected chi connectivity index (χ1v) is 8.96. The van der Waals surface area contributed by atoms with Crippen molar-refractivity contribution in [3.05, 3.63) is 59.2 Å². The molecule has 2 heterocycles. The van der Waals surface area contributed by atoms with Crippen molar-refractivity contribution in [3.63, 3.8) is 0 Å². The van der Waals surface area contributed by atoms with Crippen LogP contribution in [-0.2, 0) is 0 Å². The fourth-order valence-electron chi connectivity index (χ4n) is 3.38. The maximum Gasteiger partial charge on any atom is 0.254 e. The van der Waals surface area contributed by atoms with Crippen LogP contribution in [0.3, 0.4) is 0 Å². The van der Waals surface area contributed by atoms with Crippen molar-refractivity contribution in [2.75, 3.05) is 19.9 Å². The smallest absolute Gasteiger partial charge is 0.254 e. The van der Waals surface area contributed by atoms with Crippen LogP contribution >= 0.6 is 0 Å². The maximum atomic E-state index is 13.7. The Kier molecular flexibility index (Phi) is 4.85. The number of likely N-dealkylation sites (tertiary alicyclic amines) is 1. The molecule has 2 aliphatic heterocycles. The third-order valence-corrected chi connectivity index (χ3v) is 4.91. The highest BCUT2D eigenvalue weighted by Gasteiger charge is 2.26. The number of piperidine rings is 1. The molecule has 2 aliphatic rings. The van der Waals surface area contributed by atoms with Gasteiger partial charge in [-0.25, -0.2) is 8.78 Å². The molecule has 8 heteroatoms. The second kappa shape index (κ2) is 7.46.